The van der Waals surface area contributed by atoms with E-state index >= 15 is 0 Å². The first kappa shape index (κ1) is 40.4. The van der Waals surface area contributed by atoms with E-state index in [0.717, 1.165) is 74.1 Å². The largest absolute Gasteiger partial charge is 1.00 e. The van der Waals surface area contributed by atoms with Gasteiger partial charge >= 0.3 is 29.6 Å². The summed E-state index contributed by atoms with van der Waals surface area (Å²) >= 11 is 1.70. The Bertz CT molecular complexity index is 2220. The molecule has 2 aliphatic heterocycles. The summed E-state index contributed by atoms with van der Waals surface area (Å²) in [7, 11) is -8.84. The average Bonchev–Trinajstić information content (AvgIpc) is 3.43. The summed E-state index contributed by atoms with van der Waals surface area (Å²) in [4.78, 5) is 4.19. The van der Waals surface area contributed by atoms with Gasteiger partial charge in [-0.1, -0.05) is 92.4 Å². The van der Waals surface area contributed by atoms with E-state index < -0.39 is 42.6 Å². The van der Waals surface area contributed by atoms with Gasteiger partial charge < -0.3 is 14.0 Å². The molecular formula is C40H43N2NaO6S3. The first-order chi connectivity index (χ1) is 24.1. The number of nitrogens with zero attached hydrogens (tertiary/aromatic N) is 2. The summed E-state index contributed by atoms with van der Waals surface area (Å²) < 4.78 is 72.2. The molecule has 3 aromatic rings. The second kappa shape index (κ2) is 15.9. The van der Waals surface area contributed by atoms with Gasteiger partial charge in [-0.3, -0.25) is 0 Å². The van der Waals surface area contributed by atoms with Gasteiger partial charge in [0.25, 0.3) is 0 Å². The number of thioether (sulfide) groups is 1. The first-order valence-electron chi connectivity index (χ1n) is 17.1. The van der Waals surface area contributed by atoms with E-state index in [9.17, 15) is 25.9 Å². The minimum Gasteiger partial charge on any atom is -0.748 e. The van der Waals surface area contributed by atoms with Crippen molar-refractivity contribution < 1.29 is 60.1 Å². The van der Waals surface area contributed by atoms with Crippen molar-refractivity contribution in [2.24, 2.45) is 0 Å². The number of fused-ring (bicyclic) bond motifs is 2. The second-order valence-corrected chi connectivity index (χ2v) is 18.3. The Morgan fingerprint density at radius 2 is 1.40 bits per heavy atom. The Labute approximate surface area is 334 Å². The standard InChI is InChI=1S/C40H44N2O6S3.Na/c1-39(2)32-17-8-10-19-34(32)41(25-27-50(43,44)45)36(39)23-21-29-13-12-14-30(38(29)49-31-15-6-5-7-16-31)22-24-37-40(3,4)33-18-9-11-20-35(33)42(37)26-28-51(46,47)48;/h5-11,15-24H,12-14,25-28H2,1-4H3,(H-,43,44,45,46,47,48);/q;+1/p-1. The average molecular weight is 767 g/mol. The van der Waals surface area contributed by atoms with Crippen LogP contribution in [0.25, 0.3) is 0 Å². The van der Waals surface area contributed by atoms with Crippen molar-refractivity contribution in [1.29, 1.82) is 0 Å². The van der Waals surface area contributed by atoms with Crippen molar-refractivity contribution in [3.05, 3.63) is 136 Å². The predicted molar refractivity (Wildman–Crippen MR) is 204 cm³/mol. The van der Waals surface area contributed by atoms with Gasteiger partial charge in [-0.25, -0.2) is 16.8 Å². The van der Waals surface area contributed by atoms with E-state index in [1.807, 2.05) is 64.1 Å². The van der Waals surface area contributed by atoms with Gasteiger partial charge in [0.15, 0.2) is 12.3 Å². The molecule has 0 bridgehead atoms. The second-order valence-electron chi connectivity index (χ2n) is 14.2. The Morgan fingerprint density at radius 1 is 0.769 bits per heavy atom. The van der Waals surface area contributed by atoms with Crippen LogP contribution in [0.3, 0.4) is 0 Å². The van der Waals surface area contributed by atoms with Gasteiger partial charge in [0.1, 0.15) is 10.1 Å². The van der Waals surface area contributed by atoms with Crippen LogP contribution in [0.1, 0.15) is 58.1 Å². The van der Waals surface area contributed by atoms with Crippen molar-refractivity contribution in [3.63, 3.8) is 0 Å². The van der Waals surface area contributed by atoms with Crippen molar-refractivity contribution in [2.75, 3.05) is 29.5 Å². The zero-order valence-electron chi connectivity index (χ0n) is 30.3. The summed E-state index contributed by atoms with van der Waals surface area (Å²) in [5, 5.41) is 0. The molecule has 8 nitrogen and oxygen atoms in total. The summed E-state index contributed by atoms with van der Waals surface area (Å²) in [6.07, 6.45) is 11.1. The zero-order valence-corrected chi connectivity index (χ0v) is 34.8. The van der Waals surface area contributed by atoms with E-state index in [-0.39, 0.29) is 42.6 Å². The molecule has 0 N–H and O–H groups in total. The maximum Gasteiger partial charge on any atom is 1.00 e. The zero-order chi connectivity index (χ0) is 36.6. The van der Waals surface area contributed by atoms with E-state index in [1.54, 1.807) is 11.8 Å². The third-order valence-electron chi connectivity index (χ3n) is 10.1. The van der Waals surface area contributed by atoms with Crippen LogP contribution in [-0.2, 0) is 31.1 Å². The van der Waals surface area contributed by atoms with Gasteiger partial charge in [0.2, 0.25) is 5.69 Å². The molecule has 0 radical (unpaired) electrons. The van der Waals surface area contributed by atoms with Crippen LogP contribution in [0, 0.1) is 0 Å². The van der Waals surface area contributed by atoms with E-state index in [0.29, 0.717) is 0 Å². The van der Waals surface area contributed by atoms with Gasteiger partial charge in [0.05, 0.1) is 27.0 Å². The van der Waals surface area contributed by atoms with Gasteiger partial charge in [0, 0.05) is 50.9 Å². The quantitative estimate of drug-likeness (QED) is 0.159. The van der Waals surface area contributed by atoms with E-state index in [2.05, 4.69) is 76.3 Å². The van der Waals surface area contributed by atoms with Crippen molar-refractivity contribution in [2.45, 2.75) is 62.7 Å². The number of allylic oxidation sites excluding steroid dienone is 7. The van der Waals surface area contributed by atoms with Crippen LogP contribution >= 0.6 is 11.8 Å². The van der Waals surface area contributed by atoms with Gasteiger partial charge in [-0.05, 0) is 74.1 Å². The maximum absolute atomic E-state index is 11.7. The summed E-state index contributed by atoms with van der Waals surface area (Å²) in [6, 6.07) is 26.0. The number of para-hydroxylation sites is 2. The summed E-state index contributed by atoms with van der Waals surface area (Å²) in [6.45, 7) is 8.61. The van der Waals surface area contributed by atoms with E-state index in [4.69, 9.17) is 0 Å². The topological polar surface area (TPSA) is 121 Å². The van der Waals surface area contributed by atoms with Gasteiger partial charge in [-0.15, -0.1) is 0 Å². The van der Waals surface area contributed by atoms with Crippen molar-refractivity contribution >= 4 is 49.1 Å². The summed E-state index contributed by atoms with van der Waals surface area (Å²) in [5.74, 6) is -0.988. The molecule has 12 heteroatoms. The monoisotopic (exact) mass is 766 g/mol. The fraction of sp³-hybridized carbons (Fsp3) is 0.325. The predicted octanol–water partition coefficient (Wildman–Crippen LogP) is 4.55. The smallest absolute Gasteiger partial charge is 0.748 e. The van der Waals surface area contributed by atoms with Crippen LogP contribution in [0.15, 0.2) is 130 Å². The molecule has 1 aliphatic carbocycles. The van der Waals surface area contributed by atoms with Crippen molar-refractivity contribution in [1.82, 2.24) is 0 Å². The van der Waals surface area contributed by atoms with Gasteiger partial charge in [-0.2, -0.15) is 4.58 Å². The fourth-order valence-electron chi connectivity index (χ4n) is 7.49. The molecular weight excluding hydrogens is 724 g/mol. The maximum atomic E-state index is 11.7. The number of rotatable bonds is 11. The number of hydrogen-bond donors (Lipinski definition) is 0. The SMILES string of the molecule is CC1(C)C(/C=C/C2=C(Sc3ccccc3)C(=C/C=C3/N(CCS(=O)(=O)[O-])c4ccccc4C3(C)C)/CCC2)=[N+](CCS(=O)(=O)[O-])c2ccccc21.[Na+]. The Kier molecular flexibility index (Phi) is 12.4. The first-order valence-corrected chi connectivity index (χ1v) is 21.1. The minimum atomic E-state index is -4.42. The van der Waals surface area contributed by atoms with Crippen LogP contribution in [0.2, 0.25) is 0 Å². The minimum absolute atomic E-state index is 0. The molecule has 0 saturated carbocycles. The van der Waals surface area contributed by atoms with Crippen LogP contribution < -0.4 is 34.5 Å². The fourth-order valence-corrected chi connectivity index (χ4v) is 9.43. The van der Waals surface area contributed by atoms with Crippen LogP contribution in [0.4, 0.5) is 11.4 Å². The molecule has 0 atom stereocenters. The Morgan fingerprint density at radius 3 is 2.10 bits per heavy atom. The van der Waals surface area contributed by atoms with Crippen molar-refractivity contribution in [3.8, 4) is 0 Å². The molecule has 0 spiro atoms. The molecule has 0 saturated heterocycles. The molecule has 3 aliphatic rings. The molecule has 6 rings (SSSR count). The molecule has 3 aromatic carbocycles. The molecule has 0 aromatic heterocycles. The number of hydrogen-bond acceptors (Lipinski definition) is 8. The Hall–Kier alpha value is -2.74. The molecule has 268 valence electrons. The Balaban J connectivity index is 0.00000523. The molecule has 0 amide bonds. The van der Waals surface area contributed by atoms with Crippen LogP contribution in [0.5, 0.6) is 0 Å². The normalized spacial score (nSPS) is 19.8. The van der Waals surface area contributed by atoms with E-state index in [1.165, 1.54) is 0 Å². The molecule has 2 heterocycles. The third-order valence-corrected chi connectivity index (χ3v) is 12.7. The number of anilines is 1. The molecule has 0 fully saturated rings. The third kappa shape index (κ3) is 8.79. The summed E-state index contributed by atoms with van der Waals surface area (Å²) in [5.41, 5.74) is 7.28. The molecule has 0 unspecified atom stereocenters. The molecule has 52 heavy (non-hydrogen) atoms. The van der Waals surface area contributed by atoms with Crippen LogP contribution in [-0.4, -0.2) is 60.8 Å². The number of benzene rings is 3.